The molecule has 0 unspecified atom stereocenters. The number of esters is 1. The number of carbonyl (C=O) groups excluding carboxylic acids is 1. The summed E-state index contributed by atoms with van der Waals surface area (Å²) in [6, 6.07) is -0.535. The van der Waals surface area contributed by atoms with Crippen molar-refractivity contribution in [1.82, 2.24) is 0 Å². The highest BCUT2D eigenvalue weighted by molar-refractivity contribution is 5.75. The molecule has 1 atom stereocenters. The number of rotatable bonds is 11. The molecule has 0 aliphatic heterocycles. The van der Waals surface area contributed by atoms with E-state index < -0.39 is 6.04 Å². The van der Waals surface area contributed by atoms with Crippen LogP contribution in [0, 0.1) is 0 Å². The molecule has 17 heavy (non-hydrogen) atoms. The number of hydrogen-bond acceptors (Lipinski definition) is 6. The quantitative estimate of drug-likeness (QED) is 0.408. The van der Waals surface area contributed by atoms with Crippen molar-refractivity contribution in [2.24, 2.45) is 5.73 Å². The Hall–Kier alpha value is -0.690. The third-order valence-electron chi connectivity index (χ3n) is 2.02. The molecule has 0 heterocycles. The van der Waals surface area contributed by atoms with Crippen LogP contribution in [0.5, 0.6) is 0 Å². The molecule has 0 aromatic heterocycles. The molecule has 0 radical (unpaired) electrons. The van der Waals surface area contributed by atoms with Gasteiger partial charge in [0.2, 0.25) is 0 Å². The minimum atomic E-state index is -0.535. The number of methoxy groups -OCH3 is 1. The van der Waals surface area contributed by atoms with Gasteiger partial charge in [0.15, 0.2) is 0 Å². The van der Waals surface area contributed by atoms with Gasteiger partial charge in [-0.2, -0.15) is 0 Å². The van der Waals surface area contributed by atoms with Gasteiger partial charge < -0.3 is 24.7 Å². The Morgan fingerprint density at radius 2 is 1.59 bits per heavy atom. The van der Waals surface area contributed by atoms with Crippen LogP contribution in [-0.2, 0) is 23.7 Å². The van der Waals surface area contributed by atoms with Gasteiger partial charge in [-0.15, -0.1) is 0 Å². The molecular weight excluding hydrogens is 226 g/mol. The van der Waals surface area contributed by atoms with Gasteiger partial charge in [-0.05, 0) is 6.42 Å². The van der Waals surface area contributed by atoms with Crippen LogP contribution in [0.3, 0.4) is 0 Å². The summed E-state index contributed by atoms with van der Waals surface area (Å²) in [5.74, 6) is -0.382. The Labute approximate surface area is 102 Å². The second-order valence-corrected chi connectivity index (χ2v) is 3.40. The largest absolute Gasteiger partial charge is 0.462 e. The van der Waals surface area contributed by atoms with E-state index in [4.69, 9.17) is 24.7 Å². The standard InChI is InChI=1S/C11H23NO5/c1-3-10(12)11(13)17-9-8-16-7-6-15-5-4-14-2/h10H,3-9,12H2,1-2H3/t10-/m0/s1. The lowest BCUT2D eigenvalue weighted by Crippen LogP contribution is -2.32. The predicted octanol–water partition coefficient (Wildman–Crippen LogP) is -0.0535. The Morgan fingerprint density at radius 1 is 1.06 bits per heavy atom. The fourth-order valence-corrected chi connectivity index (χ4v) is 0.939. The maximum absolute atomic E-state index is 11.1. The Bertz CT molecular complexity index is 189. The van der Waals surface area contributed by atoms with E-state index >= 15 is 0 Å². The van der Waals surface area contributed by atoms with Crippen LogP contribution in [0.2, 0.25) is 0 Å². The van der Waals surface area contributed by atoms with Crippen LogP contribution in [0.25, 0.3) is 0 Å². The van der Waals surface area contributed by atoms with Crippen molar-refractivity contribution in [3.8, 4) is 0 Å². The van der Waals surface area contributed by atoms with Gasteiger partial charge in [-0.25, -0.2) is 0 Å². The van der Waals surface area contributed by atoms with Gasteiger partial charge >= 0.3 is 5.97 Å². The minimum absolute atomic E-state index is 0.227. The maximum Gasteiger partial charge on any atom is 0.322 e. The molecule has 0 fully saturated rings. The van der Waals surface area contributed by atoms with Crippen molar-refractivity contribution in [3.63, 3.8) is 0 Å². The molecule has 2 N–H and O–H groups in total. The summed E-state index contributed by atoms with van der Waals surface area (Å²) in [6.45, 7) is 4.53. The Kier molecular flexibility index (Phi) is 11.3. The van der Waals surface area contributed by atoms with Crippen LogP contribution >= 0.6 is 0 Å². The first-order valence-corrected chi connectivity index (χ1v) is 5.79. The third-order valence-corrected chi connectivity index (χ3v) is 2.02. The second kappa shape index (κ2) is 11.8. The molecule has 0 aliphatic carbocycles. The fourth-order valence-electron chi connectivity index (χ4n) is 0.939. The van der Waals surface area contributed by atoms with Gasteiger partial charge in [-0.3, -0.25) is 4.79 Å². The molecule has 0 amide bonds. The number of ether oxygens (including phenoxy) is 4. The van der Waals surface area contributed by atoms with Crippen LogP contribution in [-0.4, -0.2) is 58.8 Å². The predicted molar refractivity (Wildman–Crippen MR) is 62.7 cm³/mol. The molecule has 0 aromatic carbocycles. The molecule has 6 heteroatoms. The third kappa shape index (κ3) is 10.2. The Morgan fingerprint density at radius 3 is 2.12 bits per heavy atom. The Balaban J connectivity index is 3.16. The summed E-state index contributed by atoms with van der Waals surface area (Å²) in [6.07, 6.45) is 0.576. The first kappa shape index (κ1) is 16.3. The molecular formula is C11H23NO5. The van der Waals surface area contributed by atoms with Crippen molar-refractivity contribution in [1.29, 1.82) is 0 Å². The first-order chi connectivity index (χ1) is 8.22. The van der Waals surface area contributed by atoms with Gasteiger partial charge in [0.05, 0.1) is 33.0 Å². The normalized spacial score (nSPS) is 12.4. The summed E-state index contributed by atoms with van der Waals surface area (Å²) in [5, 5.41) is 0. The van der Waals surface area contributed by atoms with Gasteiger partial charge in [0.1, 0.15) is 12.6 Å². The van der Waals surface area contributed by atoms with Crippen molar-refractivity contribution in [2.45, 2.75) is 19.4 Å². The fraction of sp³-hybridized carbons (Fsp3) is 0.909. The zero-order valence-corrected chi connectivity index (χ0v) is 10.6. The molecule has 0 aromatic rings. The highest BCUT2D eigenvalue weighted by Gasteiger charge is 2.11. The smallest absolute Gasteiger partial charge is 0.322 e. The second-order valence-electron chi connectivity index (χ2n) is 3.40. The number of carbonyl (C=O) groups is 1. The molecule has 0 aliphatic rings. The van der Waals surface area contributed by atoms with E-state index in [2.05, 4.69) is 0 Å². The summed E-state index contributed by atoms with van der Waals surface area (Å²) >= 11 is 0. The van der Waals surface area contributed by atoms with Crippen LogP contribution in [0.4, 0.5) is 0 Å². The molecule has 0 saturated heterocycles. The van der Waals surface area contributed by atoms with Crippen LogP contribution in [0.1, 0.15) is 13.3 Å². The van der Waals surface area contributed by atoms with Gasteiger partial charge in [-0.1, -0.05) is 6.92 Å². The van der Waals surface area contributed by atoms with Gasteiger partial charge in [0.25, 0.3) is 0 Å². The molecule has 0 saturated carbocycles. The number of hydrogen-bond donors (Lipinski definition) is 1. The molecule has 6 nitrogen and oxygen atoms in total. The molecule has 0 rings (SSSR count). The van der Waals surface area contributed by atoms with E-state index in [0.717, 1.165) is 0 Å². The van der Waals surface area contributed by atoms with E-state index in [1.807, 2.05) is 6.92 Å². The lowest BCUT2D eigenvalue weighted by atomic mass is 10.2. The van der Waals surface area contributed by atoms with Crippen molar-refractivity contribution in [2.75, 3.05) is 46.8 Å². The topological polar surface area (TPSA) is 80.0 Å². The summed E-state index contributed by atoms with van der Waals surface area (Å²) < 4.78 is 20.1. The van der Waals surface area contributed by atoms with E-state index in [1.54, 1.807) is 7.11 Å². The van der Waals surface area contributed by atoms with E-state index in [0.29, 0.717) is 39.5 Å². The molecule has 0 spiro atoms. The van der Waals surface area contributed by atoms with Crippen molar-refractivity contribution < 1.29 is 23.7 Å². The first-order valence-electron chi connectivity index (χ1n) is 5.79. The van der Waals surface area contributed by atoms with E-state index in [9.17, 15) is 4.79 Å². The summed E-state index contributed by atoms with van der Waals surface area (Å²) in [4.78, 5) is 11.1. The SMILES string of the molecule is CC[C@H](N)C(=O)OCCOCCOCCOC. The lowest BCUT2D eigenvalue weighted by Gasteiger charge is -2.09. The number of nitrogens with two attached hydrogens (primary N) is 1. The molecule has 102 valence electrons. The van der Waals surface area contributed by atoms with Crippen LogP contribution < -0.4 is 5.73 Å². The average molecular weight is 249 g/mol. The molecule has 0 bridgehead atoms. The van der Waals surface area contributed by atoms with E-state index in [-0.39, 0.29) is 12.6 Å². The average Bonchev–Trinajstić information content (AvgIpc) is 2.35. The zero-order chi connectivity index (χ0) is 12.9. The minimum Gasteiger partial charge on any atom is -0.462 e. The highest BCUT2D eigenvalue weighted by atomic mass is 16.6. The summed E-state index contributed by atoms with van der Waals surface area (Å²) in [5.41, 5.74) is 5.48. The van der Waals surface area contributed by atoms with Gasteiger partial charge in [0, 0.05) is 7.11 Å². The maximum atomic E-state index is 11.1. The van der Waals surface area contributed by atoms with Crippen molar-refractivity contribution in [3.05, 3.63) is 0 Å². The van der Waals surface area contributed by atoms with Crippen LogP contribution in [0.15, 0.2) is 0 Å². The monoisotopic (exact) mass is 249 g/mol. The lowest BCUT2D eigenvalue weighted by molar-refractivity contribution is -0.147. The highest BCUT2D eigenvalue weighted by Crippen LogP contribution is 1.90. The summed E-state index contributed by atoms with van der Waals surface area (Å²) in [7, 11) is 1.62. The zero-order valence-electron chi connectivity index (χ0n) is 10.6. The van der Waals surface area contributed by atoms with Crippen molar-refractivity contribution >= 4 is 5.97 Å². The van der Waals surface area contributed by atoms with E-state index in [1.165, 1.54) is 0 Å².